The zero-order valence-electron chi connectivity index (χ0n) is 8.63. The fourth-order valence-electron chi connectivity index (χ4n) is 0.970. The van der Waals surface area contributed by atoms with Gasteiger partial charge in [-0.05, 0) is 24.1 Å². The van der Waals surface area contributed by atoms with Crippen LogP contribution in [0.5, 0.6) is 0 Å². The van der Waals surface area contributed by atoms with Crippen LogP contribution in [-0.4, -0.2) is 4.98 Å². The molecule has 0 fully saturated rings. The molecule has 5 heteroatoms. The molecule has 0 aliphatic carbocycles. The molecule has 3 nitrogen and oxygen atoms in total. The third-order valence-corrected chi connectivity index (χ3v) is 3.23. The maximum atomic E-state index is 5.38. The largest absolute Gasteiger partial charge is 0.474 e. The number of thiazole rings is 1. The van der Waals surface area contributed by atoms with E-state index in [1.807, 2.05) is 24.3 Å². The lowest BCUT2D eigenvalue weighted by molar-refractivity contribution is 0.406. The molecular formula is C11H12N2OS2. The lowest BCUT2D eigenvalue weighted by Gasteiger charge is -1.80. The summed E-state index contributed by atoms with van der Waals surface area (Å²) in [6.45, 7) is 6.51. The third kappa shape index (κ3) is 3.69. The molecule has 0 unspecified atom stereocenters. The van der Waals surface area contributed by atoms with Gasteiger partial charge in [0.1, 0.15) is 0 Å². The fraction of sp³-hybridized carbons (Fsp3) is 0. The van der Waals surface area contributed by atoms with Crippen LogP contribution in [0.15, 0.2) is 54.3 Å². The van der Waals surface area contributed by atoms with Crippen molar-refractivity contribution in [2.45, 2.75) is 4.34 Å². The Labute approximate surface area is 103 Å². The first kappa shape index (κ1) is 12.8. The van der Waals surface area contributed by atoms with Crippen LogP contribution in [-0.2, 0) is 4.74 Å². The van der Waals surface area contributed by atoms with Gasteiger partial charge in [0.25, 0.3) is 0 Å². The van der Waals surface area contributed by atoms with Crippen LogP contribution in [0, 0.1) is 0 Å². The second-order valence-electron chi connectivity index (χ2n) is 2.53. The highest BCUT2D eigenvalue weighted by molar-refractivity contribution is 7.99. The predicted octanol–water partition coefficient (Wildman–Crippen LogP) is 3.55. The minimum Gasteiger partial charge on any atom is -0.474 e. The summed E-state index contributed by atoms with van der Waals surface area (Å²) in [6, 6.07) is 8.02. The zero-order valence-corrected chi connectivity index (χ0v) is 10.3. The summed E-state index contributed by atoms with van der Waals surface area (Å²) < 4.78 is 6.48. The fourth-order valence-corrected chi connectivity index (χ4v) is 2.28. The second-order valence-corrected chi connectivity index (χ2v) is 4.45. The van der Waals surface area contributed by atoms with Gasteiger partial charge in [0, 0.05) is 0 Å². The third-order valence-electron chi connectivity index (χ3n) is 1.57. The van der Waals surface area contributed by atoms with Gasteiger partial charge in [-0.2, -0.15) is 0 Å². The van der Waals surface area contributed by atoms with Crippen LogP contribution in [0.25, 0.3) is 10.2 Å². The Balaban J connectivity index is 0.000000221. The molecule has 1 heterocycles. The molecule has 0 aliphatic rings. The first-order valence-corrected chi connectivity index (χ1v) is 6.11. The molecule has 0 radical (unpaired) electrons. The van der Waals surface area contributed by atoms with E-state index in [0.717, 1.165) is 9.86 Å². The molecule has 2 aromatic rings. The summed E-state index contributed by atoms with van der Waals surface area (Å²) in [4.78, 5) is 4.29. The van der Waals surface area contributed by atoms with Crippen molar-refractivity contribution >= 4 is 33.5 Å². The molecular weight excluding hydrogens is 240 g/mol. The predicted molar refractivity (Wildman–Crippen MR) is 71.1 cm³/mol. The molecule has 0 saturated heterocycles. The van der Waals surface area contributed by atoms with Crippen molar-refractivity contribution in [1.29, 1.82) is 0 Å². The Morgan fingerprint density at radius 1 is 1.31 bits per heavy atom. The van der Waals surface area contributed by atoms with Gasteiger partial charge in [-0.1, -0.05) is 25.3 Å². The lowest BCUT2D eigenvalue weighted by Crippen LogP contribution is -1.75. The van der Waals surface area contributed by atoms with Crippen LogP contribution in [0.4, 0.5) is 0 Å². The van der Waals surface area contributed by atoms with Gasteiger partial charge < -0.3 is 4.74 Å². The Hall–Kier alpha value is -1.30. The molecule has 0 amide bonds. The van der Waals surface area contributed by atoms with Crippen LogP contribution in [0.1, 0.15) is 0 Å². The summed E-state index contributed by atoms with van der Waals surface area (Å²) in [5.41, 5.74) is 1.03. The Morgan fingerprint density at radius 3 is 2.50 bits per heavy atom. The highest BCUT2D eigenvalue weighted by Crippen LogP contribution is 2.25. The van der Waals surface area contributed by atoms with E-state index in [2.05, 4.69) is 22.9 Å². The van der Waals surface area contributed by atoms with Crippen molar-refractivity contribution in [1.82, 2.24) is 4.98 Å². The Morgan fingerprint density at radius 2 is 2.00 bits per heavy atom. The summed E-state index contributed by atoms with van der Waals surface area (Å²) in [7, 11) is 0. The topological polar surface area (TPSA) is 48.1 Å². The standard InChI is InChI=1S/C7H6N2S2.C4H6O/c8-11-7-9-5-3-1-2-4-6(5)10-7;1-3-5-4-2/h1-4H,8H2;3-4H,1-2H2. The first-order chi connectivity index (χ1) is 7.81. The highest BCUT2D eigenvalue weighted by atomic mass is 32.2. The molecule has 16 heavy (non-hydrogen) atoms. The quantitative estimate of drug-likeness (QED) is 0.670. The molecule has 0 aliphatic heterocycles. The Bertz CT molecular complexity index is 429. The van der Waals surface area contributed by atoms with Crippen molar-refractivity contribution in [2.24, 2.45) is 5.14 Å². The number of benzene rings is 1. The summed E-state index contributed by atoms with van der Waals surface area (Å²) in [6.07, 6.45) is 2.62. The van der Waals surface area contributed by atoms with Gasteiger partial charge in [0.2, 0.25) is 0 Å². The van der Waals surface area contributed by atoms with Crippen molar-refractivity contribution in [2.75, 3.05) is 0 Å². The molecule has 2 N–H and O–H groups in total. The van der Waals surface area contributed by atoms with E-state index in [4.69, 9.17) is 5.14 Å². The van der Waals surface area contributed by atoms with Crippen molar-refractivity contribution in [3.8, 4) is 0 Å². The van der Waals surface area contributed by atoms with Gasteiger partial charge in [-0.15, -0.1) is 11.3 Å². The van der Waals surface area contributed by atoms with Gasteiger partial charge in [0.15, 0.2) is 4.34 Å². The minimum atomic E-state index is 0.922. The maximum Gasteiger partial charge on any atom is 0.165 e. The molecule has 0 atom stereocenters. The smallest absolute Gasteiger partial charge is 0.165 e. The van der Waals surface area contributed by atoms with Crippen LogP contribution in [0.2, 0.25) is 0 Å². The highest BCUT2D eigenvalue weighted by Gasteiger charge is 1.99. The number of hydrogen-bond donors (Lipinski definition) is 1. The van der Waals surface area contributed by atoms with Crippen molar-refractivity contribution in [3.63, 3.8) is 0 Å². The average molecular weight is 252 g/mol. The normalized spacial score (nSPS) is 9.06. The van der Waals surface area contributed by atoms with Gasteiger partial charge in [-0.25, -0.2) is 4.98 Å². The van der Waals surface area contributed by atoms with Gasteiger partial charge in [-0.3, -0.25) is 5.14 Å². The number of nitrogens with two attached hydrogens (primary N) is 1. The van der Waals surface area contributed by atoms with Crippen LogP contribution >= 0.6 is 23.3 Å². The number of fused-ring (bicyclic) bond motifs is 1. The van der Waals surface area contributed by atoms with E-state index in [9.17, 15) is 0 Å². The number of nitrogens with zero attached hydrogens (tertiary/aromatic N) is 1. The van der Waals surface area contributed by atoms with Crippen molar-refractivity contribution in [3.05, 3.63) is 49.9 Å². The lowest BCUT2D eigenvalue weighted by atomic mass is 10.3. The molecule has 1 aromatic carbocycles. The number of aromatic nitrogens is 1. The van der Waals surface area contributed by atoms with Crippen molar-refractivity contribution < 1.29 is 4.74 Å². The monoisotopic (exact) mass is 252 g/mol. The van der Waals surface area contributed by atoms with Gasteiger partial charge >= 0.3 is 0 Å². The molecule has 0 bridgehead atoms. The van der Waals surface area contributed by atoms with E-state index < -0.39 is 0 Å². The number of para-hydroxylation sites is 1. The van der Waals surface area contributed by atoms with E-state index >= 15 is 0 Å². The second kappa shape index (κ2) is 7.05. The van der Waals surface area contributed by atoms with E-state index in [0.29, 0.717) is 0 Å². The number of ether oxygens (including phenoxy) is 1. The van der Waals surface area contributed by atoms with E-state index in [-0.39, 0.29) is 0 Å². The van der Waals surface area contributed by atoms with E-state index in [1.165, 1.54) is 29.2 Å². The molecule has 84 valence electrons. The molecule has 1 aromatic heterocycles. The summed E-state index contributed by atoms with van der Waals surface area (Å²) >= 11 is 2.83. The maximum absolute atomic E-state index is 5.38. The average Bonchev–Trinajstić information content (AvgIpc) is 2.73. The summed E-state index contributed by atoms with van der Waals surface area (Å²) in [5.74, 6) is 0. The zero-order chi connectivity index (χ0) is 11.8. The number of hydrogen-bond acceptors (Lipinski definition) is 5. The Kier molecular flexibility index (Phi) is 5.63. The summed E-state index contributed by atoms with van der Waals surface area (Å²) in [5, 5.41) is 5.38. The minimum absolute atomic E-state index is 0.922. The first-order valence-electron chi connectivity index (χ1n) is 4.41. The SMILES string of the molecule is C=COC=C.NSc1nc2ccccc2s1. The molecule has 0 saturated carbocycles. The van der Waals surface area contributed by atoms with Crippen LogP contribution in [0.3, 0.4) is 0 Å². The van der Waals surface area contributed by atoms with E-state index in [1.54, 1.807) is 11.3 Å². The molecule has 0 spiro atoms. The van der Waals surface area contributed by atoms with Crippen LogP contribution < -0.4 is 5.14 Å². The number of rotatable bonds is 3. The molecule has 2 rings (SSSR count). The van der Waals surface area contributed by atoms with Gasteiger partial charge in [0.05, 0.1) is 22.7 Å².